The van der Waals surface area contributed by atoms with E-state index in [2.05, 4.69) is 9.97 Å². The highest BCUT2D eigenvalue weighted by Crippen LogP contribution is 2.40. The molecule has 0 saturated carbocycles. The van der Waals surface area contributed by atoms with Crippen LogP contribution in [0, 0.1) is 0 Å². The van der Waals surface area contributed by atoms with E-state index in [0.29, 0.717) is 23.3 Å². The molecule has 2 aromatic heterocycles. The molecule has 6 heteroatoms. The van der Waals surface area contributed by atoms with Crippen molar-refractivity contribution in [3.05, 3.63) is 83.3 Å². The number of aromatic nitrogens is 2. The molecule has 25 heavy (non-hydrogen) atoms. The summed E-state index contributed by atoms with van der Waals surface area (Å²) >= 11 is 6.26. The van der Waals surface area contributed by atoms with E-state index < -0.39 is 6.29 Å². The molecule has 3 aromatic rings. The molecule has 1 aliphatic rings. The molecule has 1 saturated heterocycles. The van der Waals surface area contributed by atoms with Crippen molar-refractivity contribution in [3.8, 4) is 11.6 Å². The largest absolute Gasteiger partial charge is 0.437 e. The molecule has 1 aliphatic heterocycles. The van der Waals surface area contributed by atoms with Crippen molar-refractivity contribution in [2.45, 2.75) is 12.4 Å². The van der Waals surface area contributed by atoms with Gasteiger partial charge in [0.15, 0.2) is 6.29 Å². The summed E-state index contributed by atoms with van der Waals surface area (Å²) in [6, 6.07) is 14.9. The Labute approximate surface area is 150 Å². The highest BCUT2D eigenvalue weighted by atomic mass is 35.5. The minimum absolute atomic E-state index is 0.231. The predicted molar refractivity (Wildman–Crippen MR) is 92.5 cm³/mol. The third-order valence-electron chi connectivity index (χ3n) is 3.84. The first-order chi connectivity index (χ1) is 12.3. The van der Waals surface area contributed by atoms with Crippen molar-refractivity contribution in [2.75, 3.05) is 6.61 Å². The second kappa shape index (κ2) is 7.19. The van der Waals surface area contributed by atoms with Gasteiger partial charge in [0, 0.05) is 23.0 Å². The van der Waals surface area contributed by atoms with Gasteiger partial charge < -0.3 is 14.2 Å². The fraction of sp³-hybridized carbons (Fsp3) is 0.158. The lowest BCUT2D eigenvalue weighted by molar-refractivity contribution is -0.0620. The molecule has 0 bridgehead atoms. The maximum absolute atomic E-state index is 6.26. The second-order valence-electron chi connectivity index (χ2n) is 5.50. The Morgan fingerprint density at radius 1 is 1.00 bits per heavy atom. The second-order valence-corrected chi connectivity index (χ2v) is 5.91. The number of hydrogen-bond donors (Lipinski definition) is 0. The highest BCUT2D eigenvalue weighted by Gasteiger charge is 2.32. The summed E-state index contributed by atoms with van der Waals surface area (Å²) in [7, 11) is 0. The molecule has 3 heterocycles. The number of ether oxygens (including phenoxy) is 3. The van der Waals surface area contributed by atoms with Crippen LogP contribution in [0.1, 0.15) is 23.5 Å². The Balaban J connectivity index is 1.56. The van der Waals surface area contributed by atoms with Gasteiger partial charge in [0.2, 0.25) is 5.88 Å². The van der Waals surface area contributed by atoms with Crippen molar-refractivity contribution in [3.63, 3.8) is 0 Å². The maximum atomic E-state index is 6.26. The fourth-order valence-corrected chi connectivity index (χ4v) is 2.91. The van der Waals surface area contributed by atoms with Crippen LogP contribution < -0.4 is 4.74 Å². The molecule has 1 aromatic carbocycles. The number of benzene rings is 1. The summed E-state index contributed by atoms with van der Waals surface area (Å²) in [5.74, 6) is 1.03. The van der Waals surface area contributed by atoms with Crippen LogP contribution in [0.5, 0.6) is 11.6 Å². The molecule has 0 radical (unpaired) electrons. The molecule has 126 valence electrons. The van der Waals surface area contributed by atoms with Crippen molar-refractivity contribution < 1.29 is 14.2 Å². The normalized spacial score (nSPS) is 19.7. The topological polar surface area (TPSA) is 53.5 Å². The highest BCUT2D eigenvalue weighted by molar-refractivity contribution is 6.31. The number of rotatable bonds is 4. The van der Waals surface area contributed by atoms with Crippen LogP contribution in [0.25, 0.3) is 0 Å². The van der Waals surface area contributed by atoms with Crippen molar-refractivity contribution in [1.82, 2.24) is 9.97 Å². The Morgan fingerprint density at radius 2 is 1.84 bits per heavy atom. The smallest absolute Gasteiger partial charge is 0.227 e. The van der Waals surface area contributed by atoms with E-state index in [1.165, 1.54) is 0 Å². The Hall–Kier alpha value is -2.47. The molecular formula is C19H15ClN2O3. The molecule has 2 atom stereocenters. The van der Waals surface area contributed by atoms with Gasteiger partial charge in [-0.15, -0.1) is 0 Å². The van der Waals surface area contributed by atoms with Crippen molar-refractivity contribution in [1.29, 1.82) is 0 Å². The summed E-state index contributed by atoms with van der Waals surface area (Å²) in [6.07, 6.45) is 4.17. The van der Waals surface area contributed by atoms with E-state index >= 15 is 0 Å². The molecule has 0 amide bonds. The maximum Gasteiger partial charge on any atom is 0.227 e. The zero-order valence-electron chi connectivity index (χ0n) is 13.2. The zero-order chi connectivity index (χ0) is 17.1. The van der Waals surface area contributed by atoms with Crippen LogP contribution in [0.4, 0.5) is 0 Å². The summed E-state index contributed by atoms with van der Waals surface area (Å²) in [5.41, 5.74) is 1.63. The van der Waals surface area contributed by atoms with Crippen LogP contribution in [0.3, 0.4) is 0 Å². The molecule has 2 unspecified atom stereocenters. The molecule has 5 nitrogen and oxygen atoms in total. The van der Waals surface area contributed by atoms with Crippen LogP contribution in [-0.4, -0.2) is 16.6 Å². The first-order valence-electron chi connectivity index (χ1n) is 7.85. The average molecular weight is 355 g/mol. The van der Waals surface area contributed by atoms with E-state index in [-0.39, 0.29) is 6.10 Å². The molecule has 0 aliphatic carbocycles. The van der Waals surface area contributed by atoms with Gasteiger partial charge in [0.05, 0.1) is 18.4 Å². The Morgan fingerprint density at radius 3 is 2.68 bits per heavy atom. The Kier molecular flexibility index (Phi) is 4.61. The first-order valence-corrected chi connectivity index (χ1v) is 8.23. The summed E-state index contributed by atoms with van der Waals surface area (Å²) in [4.78, 5) is 8.34. The minimum Gasteiger partial charge on any atom is -0.437 e. The van der Waals surface area contributed by atoms with E-state index in [0.717, 1.165) is 11.1 Å². The van der Waals surface area contributed by atoms with Gasteiger partial charge in [-0.3, -0.25) is 4.98 Å². The van der Waals surface area contributed by atoms with Crippen LogP contribution in [0.15, 0.2) is 67.1 Å². The fourth-order valence-electron chi connectivity index (χ4n) is 2.65. The molecule has 0 spiro atoms. The standard InChI is InChI=1S/C19H15ClN2O3/c20-16-8-2-1-6-14(16)17-12-23-19(25-17)15-7-4-10-22-18(15)24-13-5-3-9-21-11-13/h1-11,17,19H,12H2. The number of hydrogen-bond acceptors (Lipinski definition) is 5. The summed E-state index contributed by atoms with van der Waals surface area (Å²) in [5, 5.41) is 0.662. The van der Waals surface area contributed by atoms with E-state index in [1.54, 1.807) is 24.7 Å². The number of halogens is 1. The van der Waals surface area contributed by atoms with Gasteiger partial charge in [0.25, 0.3) is 0 Å². The lowest BCUT2D eigenvalue weighted by Crippen LogP contribution is -2.04. The first kappa shape index (κ1) is 16.0. The molecule has 4 rings (SSSR count). The zero-order valence-corrected chi connectivity index (χ0v) is 14.0. The lowest BCUT2D eigenvalue weighted by atomic mass is 10.1. The number of nitrogens with zero attached hydrogens (tertiary/aromatic N) is 2. The summed E-state index contributed by atoms with van der Waals surface area (Å²) < 4.78 is 17.7. The monoisotopic (exact) mass is 354 g/mol. The third-order valence-corrected chi connectivity index (χ3v) is 4.19. The van der Waals surface area contributed by atoms with Gasteiger partial charge in [-0.1, -0.05) is 29.8 Å². The molecule has 0 N–H and O–H groups in total. The predicted octanol–water partition coefficient (Wildman–Crippen LogP) is 4.71. The van der Waals surface area contributed by atoms with Crippen molar-refractivity contribution >= 4 is 11.6 Å². The van der Waals surface area contributed by atoms with Gasteiger partial charge in [-0.2, -0.15) is 0 Å². The third kappa shape index (κ3) is 3.49. The van der Waals surface area contributed by atoms with Crippen molar-refractivity contribution in [2.24, 2.45) is 0 Å². The van der Waals surface area contributed by atoms with E-state index in [1.807, 2.05) is 42.5 Å². The molecule has 1 fully saturated rings. The van der Waals surface area contributed by atoms with E-state index in [9.17, 15) is 0 Å². The average Bonchev–Trinajstić information content (AvgIpc) is 3.13. The minimum atomic E-state index is -0.568. The van der Waals surface area contributed by atoms with E-state index in [4.69, 9.17) is 25.8 Å². The summed E-state index contributed by atoms with van der Waals surface area (Å²) in [6.45, 7) is 0.412. The van der Waals surface area contributed by atoms with Crippen LogP contribution in [-0.2, 0) is 9.47 Å². The quantitative estimate of drug-likeness (QED) is 0.679. The number of pyridine rings is 2. The van der Waals surface area contributed by atoms with Gasteiger partial charge in [-0.05, 0) is 30.3 Å². The molecular weight excluding hydrogens is 340 g/mol. The SMILES string of the molecule is Clc1ccccc1C1COC(c2cccnc2Oc2cccnc2)O1. The van der Waals surface area contributed by atoms with Gasteiger partial charge in [0.1, 0.15) is 11.9 Å². The van der Waals surface area contributed by atoms with Crippen LogP contribution in [0.2, 0.25) is 5.02 Å². The Bertz CT molecular complexity index is 860. The van der Waals surface area contributed by atoms with Crippen LogP contribution >= 0.6 is 11.6 Å². The van der Waals surface area contributed by atoms with Gasteiger partial charge in [-0.25, -0.2) is 4.98 Å². The lowest BCUT2D eigenvalue weighted by Gasteiger charge is -2.15. The van der Waals surface area contributed by atoms with Gasteiger partial charge >= 0.3 is 0 Å².